The molecule has 0 unspecified atom stereocenters. The Morgan fingerprint density at radius 2 is 1.35 bits per heavy atom. The lowest BCUT2D eigenvalue weighted by Gasteiger charge is -2.27. The van der Waals surface area contributed by atoms with Gasteiger partial charge in [-0.25, -0.2) is 0 Å². The molecular weight excluding hydrogens is 248 g/mol. The third-order valence-corrected chi connectivity index (χ3v) is 3.17. The van der Waals surface area contributed by atoms with E-state index in [9.17, 15) is 5.11 Å². The first-order chi connectivity index (χ1) is 9.66. The van der Waals surface area contributed by atoms with Gasteiger partial charge in [0.1, 0.15) is 12.6 Å². The molecule has 0 aliphatic carbocycles. The Bertz CT molecular complexity index is 459. The van der Waals surface area contributed by atoms with Crippen LogP contribution in [0.1, 0.15) is 0 Å². The Morgan fingerprint density at radius 3 is 1.75 bits per heavy atom. The Morgan fingerprint density at radius 1 is 0.900 bits per heavy atom. The van der Waals surface area contributed by atoms with Gasteiger partial charge < -0.3 is 14.9 Å². The maximum atomic E-state index is 10.3. The Hall–Kier alpha value is -1.84. The predicted octanol–water partition coefficient (Wildman–Crippen LogP) is 1.33. The molecule has 2 aromatic carbocycles. The molecule has 0 aromatic heterocycles. The van der Waals surface area contributed by atoms with Crippen LogP contribution in [-0.2, 0) is 0 Å². The highest BCUT2D eigenvalue weighted by Gasteiger charge is 2.16. The molecule has 0 amide bonds. The van der Waals surface area contributed by atoms with Gasteiger partial charge in [-0.05, 0) is 24.3 Å². The second-order valence-corrected chi connectivity index (χ2v) is 5.35. The third-order valence-electron chi connectivity index (χ3n) is 3.17. The summed E-state index contributed by atoms with van der Waals surface area (Å²) < 4.78 is 0. The Kier molecular flexibility index (Phi) is 5.16. The number of nitrogens with one attached hydrogen (secondary N) is 1. The highest BCUT2D eigenvalue weighted by Crippen LogP contribution is 2.24. The lowest BCUT2D eigenvalue weighted by molar-refractivity contribution is -0.861. The van der Waals surface area contributed by atoms with E-state index in [0.29, 0.717) is 6.54 Å². The van der Waals surface area contributed by atoms with E-state index < -0.39 is 0 Å². The molecule has 2 rings (SSSR count). The van der Waals surface area contributed by atoms with E-state index in [1.807, 2.05) is 36.4 Å². The number of rotatable bonds is 6. The third kappa shape index (κ3) is 4.08. The molecule has 2 N–H and O–H groups in total. The second kappa shape index (κ2) is 7.08. The molecule has 0 spiro atoms. The molecule has 0 fully saturated rings. The van der Waals surface area contributed by atoms with Gasteiger partial charge in [-0.15, -0.1) is 0 Å². The summed E-state index contributed by atoms with van der Waals surface area (Å²) in [7, 11) is 4.11. The summed E-state index contributed by atoms with van der Waals surface area (Å²) in [6.07, 6.45) is -0.361. The molecule has 3 heteroatoms. The van der Waals surface area contributed by atoms with Crippen molar-refractivity contribution in [2.45, 2.75) is 6.10 Å². The maximum absolute atomic E-state index is 10.3. The number of para-hydroxylation sites is 2. The molecule has 0 bridgehead atoms. The molecule has 0 aliphatic heterocycles. The zero-order chi connectivity index (χ0) is 14.4. The smallest absolute Gasteiger partial charge is 0.121 e. The van der Waals surface area contributed by atoms with E-state index in [1.165, 1.54) is 4.90 Å². The summed E-state index contributed by atoms with van der Waals surface area (Å²) in [5, 5.41) is 10.3. The number of aliphatic hydroxyl groups excluding tert-OH is 1. The SMILES string of the molecule is C[NH+](C)C[C@H](O)CN(c1ccccc1)c1ccccc1. The lowest BCUT2D eigenvalue weighted by atomic mass is 10.2. The normalized spacial score (nSPS) is 12.4. The van der Waals surface area contributed by atoms with Gasteiger partial charge in [-0.2, -0.15) is 0 Å². The molecule has 106 valence electrons. The number of quaternary nitrogens is 1. The highest BCUT2D eigenvalue weighted by atomic mass is 16.3. The molecule has 0 aliphatic rings. The molecule has 0 heterocycles. The number of hydrogen-bond acceptors (Lipinski definition) is 2. The molecule has 1 atom stereocenters. The minimum atomic E-state index is -0.361. The van der Waals surface area contributed by atoms with Crippen LogP contribution in [0.2, 0.25) is 0 Å². The van der Waals surface area contributed by atoms with Crippen molar-refractivity contribution in [2.75, 3.05) is 32.1 Å². The van der Waals surface area contributed by atoms with Gasteiger partial charge in [0.15, 0.2) is 0 Å². The van der Waals surface area contributed by atoms with Crippen molar-refractivity contribution in [2.24, 2.45) is 0 Å². The fraction of sp³-hybridized carbons (Fsp3) is 0.294. The van der Waals surface area contributed by atoms with Crippen molar-refractivity contribution < 1.29 is 10.0 Å². The van der Waals surface area contributed by atoms with Crippen LogP contribution in [0.25, 0.3) is 0 Å². The molecule has 0 radical (unpaired) electrons. The number of benzene rings is 2. The monoisotopic (exact) mass is 271 g/mol. The van der Waals surface area contributed by atoms with Crippen LogP contribution in [0.15, 0.2) is 60.7 Å². The summed E-state index contributed by atoms with van der Waals surface area (Å²) in [4.78, 5) is 3.41. The summed E-state index contributed by atoms with van der Waals surface area (Å²) in [6, 6.07) is 20.4. The van der Waals surface area contributed by atoms with Gasteiger partial charge in [0, 0.05) is 11.4 Å². The van der Waals surface area contributed by atoms with Gasteiger partial charge in [0.25, 0.3) is 0 Å². The minimum Gasteiger partial charge on any atom is -0.385 e. The van der Waals surface area contributed by atoms with Crippen molar-refractivity contribution in [3.63, 3.8) is 0 Å². The van der Waals surface area contributed by atoms with E-state index >= 15 is 0 Å². The van der Waals surface area contributed by atoms with Crippen LogP contribution >= 0.6 is 0 Å². The van der Waals surface area contributed by atoms with Crippen LogP contribution in [0, 0.1) is 0 Å². The first-order valence-electron chi connectivity index (χ1n) is 7.01. The van der Waals surface area contributed by atoms with Crippen LogP contribution < -0.4 is 9.80 Å². The summed E-state index contributed by atoms with van der Waals surface area (Å²) in [5.74, 6) is 0. The minimum absolute atomic E-state index is 0.361. The van der Waals surface area contributed by atoms with E-state index in [4.69, 9.17) is 0 Å². The largest absolute Gasteiger partial charge is 0.385 e. The number of likely N-dealkylation sites (N-methyl/N-ethyl adjacent to an activating group) is 1. The number of aliphatic hydroxyl groups is 1. The number of hydrogen-bond donors (Lipinski definition) is 2. The average molecular weight is 271 g/mol. The van der Waals surface area contributed by atoms with E-state index in [-0.39, 0.29) is 6.10 Å². The van der Waals surface area contributed by atoms with Gasteiger partial charge in [-0.3, -0.25) is 0 Å². The standard InChI is InChI=1S/C17H22N2O/c1-18(2)13-17(20)14-19(15-9-5-3-6-10-15)16-11-7-4-8-12-16/h3-12,17,20H,13-14H2,1-2H3/p+1/t17-/m0/s1. The Balaban J connectivity index is 2.21. The van der Waals surface area contributed by atoms with Gasteiger partial charge >= 0.3 is 0 Å². The second-order valence-electron chi connectivity index (χ2n) is 5.35. The predicted molar refractivity (Wildman–Crippen MR) is 83.6 cm³/mol. The quantitative estimate of drug-likeness (QED) is 0.829. The van der Waals surface area contributed by atoms with Crippen LogP contribution in [0.3, 0.4) is 0 Å². The van der Waals surface area contributed by atoms with Crippen molar-refractivity contribution >= 4 is 11.4 Å². The zero-order valence-corrected chi connectivity index (χ0v) is 12.2. The molecular formula is C17H23N2O+. The molecule has 0 saturated carbocycles. The van der Waals surface area contributed by atoms with Crippen molar-refractivity contribution in [1.29, 1.82) is 0 Å². The maximum Gasteiger partial charge on any atom is 0.121 e. The molecule has 2 aromatic rings. The van der Waals surface area contributed by atoms with E-state index in [0.717, 1.165) is 17.9 Å². The number of anilines is 2. The fourth-order valence-electron chi connectivity index (χ4n) is 2.32. The van der Waals surface area contributed by atoms with Crippen LogP contribution in [0.4, 0.5) is 11.4 Å². The fourth-order valence-corrected chi connectivity index (χ4v) is 2.32. The topological polar surface area (TPSA) is 27.9 Å². The summed E-state index contributed by atoms with van der Waals surface area (Å²) >= 11 is 0. The van der Waals surface area contributed by atoms with Crippen molar-refractivity contribution in [3.05, 3.63) is 60.7 Å². The van der Waals surface area contributed by atoms with E-state index in [2.05, 4.69) is 43.3 Å². The van der Waals surface area contributed by atoms with Crippen LogP contribution in [-0.4, -0.2) is 38.4 Å². The first kappa shape index (κ1) is 14.6. The molecule has 20 heavy (non-hydrogen) atoms. The molecule has 0 saturated heterocycles. The molecule has 3 nitrogen and oxygen atoms in total. The first-order valence-corrected chi connectivity index (χ1v) is 7.01. The van der Waals surface area contributed by atoms with Gasteiger partial charge in [0.05, 0.1) is 20.6 Å². The van der Waals surface area contributed by atoms with Gasteiger partial charge in [0.2, 0.25) is 0 Å². The van der Waals surface area contributed by atoms with Gasteiger partial charge in [-0.1, -0.05) is 36.4 Å². The Labute approximate surface area is 121 Å². The van der Waals surface area contributed by atoms with Crippen molar-refractivity contribution in [1.82, 2.24) is 0 Å². The summed E-state index contributed by atoms with van der Waals surface area (Å²) in [5.41, 5.74) is 2.21. The summed E-state index contributed by atoms with van der Waals surface area (Å²) in [6.45, 7) is 1.33. The lowest BCUT2D eigenvalue weighted by Crippen LogP contribution is -3.07. The van der Waals surface area contributed by atoms with Crippen LogP contribution in [0.5, 0.6) is 0 Å². The zero-order valence-electron chi connectivity index (χ0n) is 12.2. The number of nitrogens with zero attached hydrogens (tertiary/aromatic N) is 1. The van der Waals surface area contributed by atoms with E-state index in [1.54, 1.807) is 0 Å². The highest BCUT2D eigenvalue weighted by molar-refractivity contribution is 5.62. The average Bonchev–Trinajstić information content (AvgIpc) is 2.46. The van der Waals surface area contributed by atoms with Crippen molar-refractivity contribution in [3.8, 4) is 0 Å².